The highest BCUT2D eigenvalue weighted by Gasteiger charge is 2.39. The topological polar surface area (TPSA) is 46.1 Å². The van der Waals surface area contributed by atoms with Crippen molar-refractivity contribution in [3.63, 3.8) is 0 Å². The van der Waals surface area contributed by atoms with E-state index in [1.165, 1.54) is 12.0 Å². The lowest BCUT2D eigenvalue weighted by atomic mass is 10.1. The van der Waals surface area contributed by atoms with Crippen LogP contribution in [-0.2, 0) is 9.47 Å². The summed E-state index contributed by atoms with van der Waals surface area (Å²) in [6.07, 6.45) is 4.66. The zero-order chi connectivity index (χ0) is 19.1. The number of nitrogens with one attached hydrogen (secondary N) is 1. The summed E-state index contributed by atoms with van der Waals surface area (Å²) >= 11 is 3.51. The minimum atomic E-state index is 0. The molecule has 2 fully saturated rings. The van der Waals surface area contributed by atoms with E-state index in [1.807, 2.05) is 0 Å². The Hall–Kier alpha value is -0.380. The molecule has 7 heteroatoms. The van der Waals surface area contributed by atoms with Crippen LogP contribution in [0.2, 0.25) is 0 Å². The standard InChI is InChI=1S/C21H32BrN3O2.HI/c1-3-23-21(24-20-15-19(20)16-5-7-17(22)8-6-16)25-11-9-18(10-12-25)27-14-4-13-26-2;/h5-8,18-20H,3-4,9-15H2,1-2H3,(H,23,24);1H. The van der Waals surface area contributed by atoms with Crippen molar-refractivity contribution in [3.8, 4) is 0 Å². The molecule has 0 aromatic heterocycles. The molecule has 1 aromatic rings. The summed E-state index contributed by atoms with van der Waals surface area (Å²) in [5.41, 5.74) is 1.41. The van der Waals surface area contributed by atoms with Gasteiger partial charge < -0.3 is 19.7 Å². The van der Waals surface area contributed by atoms with E-state index in [2.05, 4.69) is 57.3 Å². The molecule has 2 unspecified atom stereocenters. The molecule has 1 aliphatic heterocycles. The number of ether oxygens (including phenoxy) is 2. The van der Waals surface area contributed by atoms with Crippen LogP contribution in [0.3, 0.4) is 0 Å². The first kappa shape index (κ1) is 23.9. The molecule has 3 rings (SSSR count). The van der Waals surface area contributed by atoms with E-state index >= 15 is 0 Å². The third-order valence-corrected chi connectivity index (χ3v) is 5.83. The van der Waals surface area contributed by atoms with Crippen LogP contribution in [0.1, 0.15) is 44.1 Å². The highest BCUT2D eigenvalue weighted by atomic mass is 127. The van der Waals surface area contributed by atoms with E-state index in [0.29, 0.717) is 18.1 Å². The molecule has 0 bridgehead atoms. The molecule has 1 aliphatic carbocycles. The third-order valence-electron chi connectivity index (χ3n) is 5.30. The Balaban J connectivity index is 0.00000280. The molecule has 2 aliphatic rings. The Morgan fingerprint density at radius 3 is 2.57 bits per heavy atom. The molecule has 1 aromatic carbocycles. The van der Waals surface area contributed by atoms with Crippen molar-refractivity contribution < 1.29 is 9.47 Å². The van der Waals surface area contributed by atoms with Crippen molar-refractivity contribution >= 4 is 45.9 Å². The van der Waals surface area contributed by atoms with E-state index in [0.717, 1.165) is 62.5 Å². The van der Waals surface area contributed by atoms with Gasteiger partial charge in [-0.3, -0.25) is 4.99 Å². The predicted octanol–water partition coefficient (Wildman–Crippen LogP) is 4.41. The van der Waals surface area contributed by atoms with Crippen LogP contribution in [0, 0.1) is 0 Å². The van der Waals surface area contributed by atoms with Gasteiger partial charge in [0.15, 0.2) is 5.96 Å². The van der Waals surface area contributed by atoms with Crippen molar-refractivity contribution in [1.29, 1.82) is 0 Å². The van der Waals surface area contributed by atoms with Gasteiger partial charge in [-0.15, -0.1) is 24.0 Å². The maximum absolute atomic E-state index is 5.98. The van der Waals surface area contributed by atoms with Gasteiger partial charge in [-0.05, 0) is 50.3 Å². The van der Waals surface area contributed by atoms with Crippen molar-refractivity contribution in [3.05, 3.63) is 34.3 Å². The lowest BCUT2D eigenvalue weighted by Crippen LogP contribution is -2.48. The second kappa shape index (κ2) is 12.3. The monoisotopic (exact) mass is 565 g/mol. The SMILES string of the molecule is CCN=C(NC1CC1c1ccc(Br)cc1)N1CCC(OCCCOC)CC1.I. The zero-order valence-electron chi connectivity index (χ0n) is 16.9. The Kier molecular flexibility index (Phi) is 10.5. The Morgan fingerprint density at radius 1 is 1.21 bits per heavy atom. The largest absolute Gasteiger partial charge is 0.385 e. The van der Waals surface area contributed by atoms with Gasteiger partial charge >= 0.3 is 0 Å². The molecule has 0 spiro atoms. The van der Waals surface area contributed by atoms with Crippen molar-refractivity contribution in [2.45, 2.75) is 50.7 Å². The van der Waals surface area contributed by atoms with E-state index < -0.39 is 0 Å². The van der Waals surface area contributed by atoms with Crippen LogP contribution in [0.25, 0.3) is 0 Å². The molecule has 1 heterocycles. The summed E-state index contributed by atoms with van der Waals surface area (Å²) in [6.45, 7) is 6.51. The van der Waals surface area contributed by atoms with Crippen LogP contribution >= 0.6 is 39.9 Å². The second-order valence-electron chi connectivity index (χ2n) is 7.35. The second-order valence-corrected chi connectivity index (χ2v) is 8.26. The minimum absolute atomic E-state index is 0. The van der Waals surface area contributed by atoms with E-state index in [9.17, 15) is 0 Å². The molecule has 0 radical (unpaired) electrons. The van der Waals surface area contributed by atoms with Gasteiger partial charge in [0.05, 0.1) is 6.10 Å². The number of aliphatic imine (C=N–C) groups is 1. The first-order valence-corrected chi connectivity index (χ1v) is 10.9. The lowest BCUT2D eigenvalue weighted by molar-refractivity contribution is 0.00988. The Morgan fingerprint density at radius 2 is 1.93 bits per heavy atom. The zero-order valence-corrected chi connectivity index (χ0v) is 20.8. The number of piperidine rings is 1. The maximum Gasteiger partial charge on any atom is 0.194 e. The highest BCUT2D eigenvalue weighted by Crippen LogP contribution is 2.41. The normalized spacial score (nSPS) is 22.7. The minimum Gasteiger partial charge on any atom is -0.385 e. The molecular formula is C21H33BrIN3O2. The fourth-order valence-corrected chi connectivity index (χ4v) is 3.94. The quantitative estimate of drug-likeness (QED) is 0.220. The van der Waals surface area contributed by atoms with Crippen LogP contribution in [-0.4, -0.2) is 63.0 Å². The third kappa shape index (κ3) is 7.15. The molecule has 28 heavy (non-hydrogen) atoms. The van der Waals surface area contributed by atoms with Gasteiger partial charge in [0.2, 0.25) is 0 Å². The first-order chi connectivity index (χ1) is 13.2. The van der Waals surface area contributed by atoms with E-state index in [1.54, 1.807) is 7.11 Å². The van der Waals surface area contributed by atoms with E-state index in [-0.39, 0.29) is 24.0 Å². The van der Waals surface area contributed by atoms with Gasteiger partial charge in [0.25, 0.3) is 0 Å². The van der Waals surface area contributed by atoms with Crippen LogP contribution < -0.4 is 5.32 Å². The summed E-state index contributed by atoms with van der Waals surface area (Å²) in [4.78, 5) is 7.15. The molecule has 2 atom stereocenters. The lowest BCUT2D eigenvalue weighted by Gasteiger charge is -2.34. The number of methoxy groups -OCH3 is 1. The summed E-state index contributed by atoms with van der Waals surface area (Å²) in [7, 11) is 1.74. The average molecular weight is 566 g/mol. The molecule has 158 valence electrons. The molecule has 0 amide bonds. The number of hydrogen-bond donors (Lipinski definition) is 1. The van der Waals surface area contributed by atoms with Gasteiger partial charge in [0, 0.05) is 56.4 Å². The van der Waals surface area contributed by atoms with Crippen LogP contribution in [0.4, 0.5) is 0 Å². The van der Waals surface area contributed by atoms with Gasteiger partial charge in [-0.1, -0.05) is 28.1 Å². The summed E-state index contributed by atoms with van der Waals surface area (Å²) in [5, 5.41) is 3.71. The van der Waals surface area contributed by atoms with Gasteiger partial charge in [-0.25, -0.2) is 0 Å². The average Bonchev–Trinajstić information content (AvgIpc) is 3.45. The number of rotatable bonds is 8. The van der Waals surface area contributed by atoms with E-state index in [4.69, 9.17) is 14.5 Å². The van der Waals surface area contributed by atoms with Gasteiger partial charge in [-0.2, -0.15) is 0 Å². The number of guanidine groups is 1. The Bertz CT molecular complexity index is 606. The van der Waals surface area contributed by atoms with Crippen LogP contribution in [0.5, 0.6) is 0 Å². The summed E-state index contributed by atoms with van der Waals surface area (Å²) in [5.74, 6) is 1.67. The van der Waals surface area contributed by atoms with Crippen LogP contribution in [0.15, 0.2) is 33.7 Å². The smallest absolute Gasteiger partial charge is 0.194 e. The molecule has 5 nitrogen and oxygen atoms in total. The predicted molar refractivity (Wildman–Crippen MR) is 129 cm³/mol. The van der Waals surface area contributed by atoms with Crippen molar-refractivity contribution in [2.24, 2.45) is 4.99 Å². The summed E-state index contributed by atoms with van der Waals surface area (Å²) < 4.78 is 12.2. The maximum atomic E-state index is 5.98. The number of nitrogens with zero attached hydrogens (tertiary/aromatic N) is 2. The fraction of sp³-hybridized carbons (Fsp3) is 0.667. The molecule has 1 N–H and O–H groups in total. The fourth-order valence-electron chi connectivity index (χ4n) is 3.67. The molecular weight excluding hydrogens is 533 g/mol. The molecule has 1 saturated heterocycles. The number of hydrogen-bond acceptors (Lipinski definition) is 3. The number of benzene rings is 1. The molecule has 1 saturated carbocycles. The van der Waals surface area contributed by atoms with Crippen molar-refractivity contribution in [1.82, 2.24) is 10.2 Å². The summed E-state index contributed by atoms with van der Waals surface area (Å²) in [6, 6.07) is 9.20. The number of halogens is 2. The Labute approximate surface area is 194 Å². The van der Waals surface area contributed by atoms with Crippen molar-refractivity contribution in [2.75, 3.05) is 40.0 Å². The first-order valence-electron chi connectivity index (χ1n) is 10.1. The van der Waals surface area contributed by atoms with Gasteiger partial charge in [0.1, 0.15) is 0 Å². The number of likely N-dealkylation sites (tertiary alicyclic amines) is 1. The highest BCUT2D eigenvalue weighted by molar-refractivity contribution is 14.0.